The van der Waals surface area contributed by atoms with Crippen LogP contribution in [0.5, 0.6) is 11.5 Å². The van der Waals surface area contributed by atoms with E-state index in [1.165, 1.54) is 0 Å². The summed E-state index contributed by atoms with van der Waals surface area (Å²) in [6.07, 6.45) is -0.727. The van der Waals surface area contributed by atoms with E-state index in [4.69, 9.17) is 14.2 Å². The number of hydrogen-bond acceptors (Lipinski definition) is 5. The molecule has 0 aliphatic carbocycles. The van der Waals surface area contributed by atoms with Crippen LogP contribution in [-0.4, -0.2) is 55.7 Å². The lowest BCUT2D eigenvalue weighted by Crippen LogP contribution is -2.40. The Hall–Kier alpha value is -3.06. The summed E-state index contributed by atoms with van der Waals surface area (Å²) in [6.45, 7) is 2.46. The molecule has 2 aliphatic rings. The Balaban J connectivity index is 1.37. The van der Waals surface area contributed by atoms with E-state index < -0.39 is 6.10 Å². The van der Waals surface area contributed by atoms with E-state index >= 15 is 0 Å². The van der Waals surface area contributed by atoms with Gasteiger partial charge in [0.1, 0.15) is 6.61 Å². The normalized spacial score (nSPS) is 18.7. The van der Waals surface area contributed by atoms with Crippen LogP contribution in [0.4, 0.5) is 5.69 Å². The largest absolute Gasteiger partial charge is 0.485 e. The van der Waals surface area contributed by atoms with Crippen molar-refractivity contribution in [1.29, 1.82) is 0 Å². The number of ether oxygens (including phenoxy) is 3. The first-order valence-corrected chi connectivity index (χ1v) is 8.87. The van der Waals surface area contributed by atoms with Crippen LogP contribution < -0.4 is 14.8 Å². The fraction of sp³-hybridized carbons (Fsp3) is 0.300. The summed E-state index contributed by atoms with van der Waals surface area (Å²) in [5, 5.41) is 2.80. The Bertz CT molecular complexity index is 831. The highest BCUT2D eigenvalue weighted by atomic mass is 16.6. The van der Waals surface area contributed by atoms with Crippen LogP contribution in [-0.2, 0) is 9.53 Å². The van der Waals surface area contributed by atoms with Gasteiger partial charge in [0, 0.05) is 24.3 Å². The van der Waals surface area contributed by atoms with Crippen molar-refractivity contribution in [2.45, 2.75) is 6.10 Å². The molecule has 1 atom stereocenters. The third-order valence-corrected chi connectivity index (χ3v) is 4.50. The van der Waals surface area contributed by atoms with E-state index in [2.05, 4.69) is 5.32 Å². The van der Waals surface area contributed by atoms with Gasteiger partial charge >= 0.3 is 0 Å². The molecule has 2 aromatic rings. The molecule has 1 saturated heterocycles. The molecule has 7 nitrogen and oxygen atoms in total. The second kappa shape index (κ2) is 7.67. The van der Waals surface area contributed by atoms with Crippen LogP contribution in [0.3, 0.4) is 0 Å². The first kappa shape index (κ1) is 17.4. The van der Waals surface area contributed by atoms with Gasteiger partial charge in [0.15, 0.2) is 11.5 Å². The summed E-state index contributed by atoms with van der Waals surface area (Å²) in [5.74, 6) is 0.858. The maximum Gasteiger partial charge on any atom is 0.269 e. The second-order valence-corrected chi connectivity index (χ2v) is 6.34. The summed E-state index contributed by atoms with van der Waals surface area (Å²) < 4.78 is 16.5. The van der Waals surface area contributed by atoms with E-state index in [-0.39, 0.29) is 18.4 Å². The van der Waals surface area contributed by atoms with Crippen molar-refractivity contribution in [2.75, 3.05) is 38.2 Å². The first-order chi connectivity index (χ1) is 13.2. The van der Waals surface area contributed by atoms with Crippen molar-refractivity contribution >= 4 is 17.5 Å². The van der Waals surface area contributed by atoms with Crippen LogP contribution in [0.15, 0.2) is 48.5 Å². The molecule has 2 aliphatic heterocycles. The van der Waals surface area contributed by atoms with E-state index in [9.17, 15) is 9.59 Å². The van der Waals surface area contributed by atoms with Gasteiger partial charge in [0.2, 0.25) is 6.10 Å². The lowest BCUT2D eigenvalue weighted by Gasteiger charge is -2.27. The molecule has 2 amide bonds. The standard InChI is InChI=1S/C20H20N2O5/c23-19(18-13-26-16-3-1-2-4-17(16)27-18)21-15-7-5-14(6-8-15)20(24)22-9-11-25-12-10-22/h1-8,18H,9-13H2,(H,21,23)/t18-/m1/s1. The summed E-state index contributed by atoms with van der Waals surface area (Å²) in [5.41, 5.74) is 1.18. The van der Waals surface area contributed by atoms with Crippen LogP contribution >= 0.6 is 0 Å². The second-order valence-electron chi connectivity index (χ2n) is 6.34. The lowest BCUT2D eigenvalue weighted by atomic mass is 10.1. The maximum atomic E-state index is 12.4. The number of benzene rings is 2. The number of fused-ring (bicyclic) bond motifs is 1. The SMILES string of the molecule is O=C(Nc1ccc(C(=O)N2CCOCC2)cc1)[C@H]1COc2ccccc2O1. The minimum Gasteiger partial charge on any atom is -0.485 e. The number of anilines is 1. The van der Waals surface area contributed by atoms with Gasteiger partial charge in [0.25, 0.3) is 11.8 Å². The number of rotatable bonds is 3. The van der Waals surface area contributed by atoms with Crippen LogP contribution in [0, 0.1) is 0 Å². The molecule has 0 spiro atoms. The molecule has 0 unspecified atom stereocenters. The number of amides is 2. The Kier molecular flexibility index (Phi) is 4.93. The zero-order chi connectivity index (χ0) is 18.6. The average Bonchev–Trinajstić information content (AvgIpc) is 2.74. The molecule has 2 aromatic carbocycles. The molecular formula is C20H20N2O5. The molecule has 140 valence electrons. The molecule has 1 fully saturated rings. The van der Waals surface area contributed by atoms with Gasteiger partial charge in [-0.15, -0.1) is 0 Å². The van der Waals surface area contributed by atoms with Crippen molar-refractivity contribution < 1.29 is 23.8 Å². The Morgan fingerprint density at radius 2 is 1.67 bits per heavy atom. The zero-order valence-corrected chi connectivity index (χ0v) is 14.7. The van der Waals surface area contributed by atoms with Gasteiger partial charge in [-0.05, 0) is 36.4 Å². The average molecular weight is 368 g/mol. The van der Waals surface area contributed by atoms with Crippen LogP contribution in [0.2, 0.25) is 0 Å². The van der Waals surface area contributed by atoms with E-state index in [1.807, 2.05) is 12.1 Å². The highest BCUT2D eigenvalue weighted by Gasteiger charge is 2.27. The van der Waals surface area contributed by atoms with Crippen molar-refractivity contribution in [3.05, 3.63) is 54.1 Å². The van der Waals surface area contributed by atoms with Crippen molar-refractivity contribution in [2.24, 2.45) is 0 Å². The molecule has 7 heteroatoms. The van der Waals surface area contributed by atoms with Gasteiger partial charge in [-0.2, -0.15) is 0 Å². The van der Waals surface area contributed by atoms with Gasteiger partial charge in [0.05, 0.1) is 13.2 Å². The van der Waals surface area contributed by atoms with Crippen LogP contribution in [0.25, 0.3) is 0 Å². The maximum absolute atomic E-state index is 12.4. The summed E-state index contributed by atoms with van der Waals surface area (Å²) in [6, 6.07) is 14.1. The number of nitrogens with one attached hydrogen (secondary N) is 1. The topological polar surface area (TPSA) is 77.1 Å². The number of nitrogens with zero attached hydrogens (tertiary/aromatic N) is 1. The van der Waals surface area contributed by atoms with Gasteiger partial charge in [-0.3, -0.25) is 9.59 Å². The molecule has 0 radical (unpaired) electrons. The third-order valence-electron chi connectivity index (χ3n) is 4.50. The van der Waals surface area contributed by atoms with Gasteiger partial charge in [-0.1, -0.05) is 12.1 Å². The smallest absolute Gasteiger partial charge is 0.269 e. The third kappa shape index (κ3) is 3.88. The fourth-order valence-corrected chi connectivity index (χ4v) is 3.02. The van der Waals surface area contributed by atoms with E-state index in [1.54, 1.807) is 41.3 Å². The van der Waals surface area contributed by atoms with E-state index in [0.29, 0.717) is 49.1 Å². The Morgan fingerprint density at radius 1 is 0.963 bits per heavy atom. The predicted molar refractivity (Wildman–Crippen MR) is 98.1 cm³/mol. The summed E-state index contributed by atoms with van der Waals surface area (Å²) in [7, 11) is 0. The molecule has 1 N–H and O–H groups in total. The highest BCUT2D eigenvalue weighted by molar-refractivity contribution is 5.97. The summed E-state index contributed by atoms with van der Waals surface area (Å²) >= 11 is 0. The number of morpholine rings is 1. The molecule has 0 bridgehead atoms. The minimum absolute atomic E-state index is 0.0307. The fourth-order valence-electron chi connectivity index (χ4n) is 3.02. The molecule has 0 saturated carbocycles. The molecular weight excluding hydrogens is 348 g/mol. The monoisotopic (exact) mass is 368 g/mol. The number of carbonyl (C=O) groups excluding carboxylic acids is 2. The van der Waals surface area contributed by atoms with Crippen molar-refractivity contribution in [3.8, 4) is 11.5 Å². The van der Waals surface area contributed by atoms with Crippen molar-refractivity contribution in [1.82, 2.24) is 4.90 Å². The Labute approximate surface area is 156 Å². The minimum atomic E-state index is -0.727. The number of hydrogen-bond donors (Lipinski definition) is 1. The number of para-hydroxylation sites is 2. The summed E-state index contributed by atoms with van der Waals surface area (Å²) in [4.78, 5) is 26.6. The molecule has 0 aromatic heterocycles. The predicted octanol–water partition coefficient (Wildman–Crippen LogP) is 1.94. The lowest BCUT2D eigenvalue weighted by molar-refractivity contribution is -0.125. The van der Waals surface area contributed by atoms with E-state index in [0.717, 1.165) is 0 Å². The van der Waals surface area contributed by atoms with Gasteiger partial charge in [-0.25, -0.2) is 0 Å². The van der Waals surface area contributed by atoms with Crippen LogP contribution in [0.1, 0.15) is 10.4 Å². The molecule has 27 heavy (non-hydrogen) atoms. The Morgan fingerprint density at radius 3 is 2.41 bits per heavy atom. The molecule has 2 heterocycles. The first-order valence-electron chi connectivity index (χ1n) is 8.87. The van der Waals surface area contributed by atoms with Gasteiger partial charge < -0.3 is 24.4 Å². The van der Waals surface area contributed by atoms with Crippen molar-refractivity contribution in [3.63, 3.8) is 0 Å². The highest BCUT2D eigenvalue weighted by Crippen LogP contribution is 2.31. The number of carbonyl (C=O) groups is 2. The zero-order valence-electron chi connectivity index (χ0n) is 14.7. The quantitative estimate of drug-likeness (QED) is 0.896. The molecule has 4 rings (SSSR count).